The van der Waals surface area contributed by atoms with Crippen LogP contribution in [-0.4, -0.2) is 11.8 Å². The van der Waals surface area contributed by atoms with E-state index in [0.717, 1.165) is 30.4 Å². The molecule has 0 bridgehead atoms. The molecular weight excluding hydrogens is 368 g/mol. The zero-order chi connectivity index (χ0) is 18.7. The van der Waals surface area contributed by atoms with E-state index in [1.165, 1.54) is 29.1 Å². The van der Waals surface area contributed by atoms with Gasteiger partial charge in [0.15, 0.2) is 0 Å². The summed E-state index contributed by atoms with van der Waals surface area (Å²) in [6.07, 6.45) is 5.51. The number of thiophene rings is 1. The molecule has 0 fully saturated rings. The van der Waals surface area contributed by atoms with Gasteiger partial charge in [-0.3, -0.25) is 9.59 Å². The maximum absolute atomic E-state index is 12.4. The van der Waals surface area contributed by atoms with Gasteiger partial charge in [0.2, 0.25) is 5.91 Å². The molecule has 2 amide bonds. The van der Waals surface area contributed by atoms with Gasteiger partial charge in [-0.1, -0.05) is 43.5 Å². The molecule has 1 aliphatic carbocycles. The predicted octanol–water partition coefficient (Wildman–Crippen LogP) is 4.59. The van der Waals surface area contributed by atoms with E-state index in [2.05, 4.69) is 12.2 Å². The Morgan fingerprint density at radius 2 is 2.04 bits per heavy atom. The summed E-state index contributed by atoms with van der Waals surface area (Å²) in [5, 5.41) is 4.14. The molecule has 138 valence electrons. The highest BCUT2D eigenvalue weighted by atomic mass is 35.5. The number of amides is 2. The van der Waals surface area contributed by atoms with Gasteiger partial charge in [0.25, 0.3) is 5.91 Å². The molecule has 1 aliphatic rings. The Balaban J connectivity index is 1.78. The van der Waals surface area contributed by atoms with Crippen molar-refractivity contribution in [3.63, 3.8) is 0 Å². The molecule has 0 saturated carbocycles. The molecule has 0 spiro atoms. The third-order valence-corrected chi connectivity index (χ3v) is 6.26. The number of hydrogen-bond acceptors (Lipinski definition) is 3. The first-order valence-electron chi connectivity index (χ1n) is 8.96. The van der Waals surface area contributed by atoms with E-state index >= 15 is 0 Å². The molecule has 0 radical (unpaired) electrons. The second-order valence-electron chi connectivity index (χ2n) is 6.82. The van der Waals surface area contributed by atoms with Crippen molar-refractivity contribution in [2.75, 3.05) is 5.32 Å². The van der Waals surface area contributed by atoms with Crippen molar-refractivity contribution in [1.82, 2.24) is 0 Å². The first kappa shape index (κ1) is 18.9. The molecule has 26 heavy (non-hydrogen) atoms. The molecular formula is C20H23ClN2O2S. The highest BCUT2D eigenvalue weighted by molar-refractivity contribution is 7.17. The van der Waals surface area contributed by atoms with E-state index in [0.29, 0.717) is 21.5 Å². The normalized spacial score (nSPS) is 16.2. The van der Waals surface area contributed by atoms with Crippen LogP contribution in [0.1, 0.15) is 52.5 Å². The Labute approximate surface area is 162 Å². The van der Waals surface area contributed by atoms with Gasteiger partial charge in [-0.15, -0.1) is 11.3 Å². The van der Waals surface area contributed by atoms with Gasteiger partial charge >= 0.3 is 0 Å². The Kier molecular flexibility index (Phi) is 5.99. The summed E-state index contributed by atoms with van der Waals surface area (Å²) in [5.74, 6) is 0.0428. The van der Waals surface area contributed by atoms with E-state index in [-0.39, 0.29) is 12.3 Å². The summed E-state index contributed by atoms with van der Waals surface area (Å²) >= 11 is 7.38. The third kappa shape index (κ3) is 4.27. The van der Waals surface area contributed by atoms with E-state index in [4.69, 9.17) is 17.3 Å². The monoisotopic (exact) mass is 390 g/mol. The first-order chi connectivity index (χ1) is 12.5. The minimum absolute atomic E-state index is 0.154. The number of halogens is 1. The average Bonchev–Trinajstić information content (AvgIpc) is 2.94. The van der Waals surface area contributed by atoms with Gasteiger partial charge in [0, 0.05) is 9.90 Å². The summed E-state index contributed by atoms with van der Waals surface area (Å²) < 4.78 is 0. The fourth-order valence-corrected chi connectivity index (χ4v) is 5.13. The number of fused-ring (bicyclic) bond motifs is 1. The number of nitrogens with two attached hydrogens (primary N) is 1. The number of nitrogens with one attached hydrogen (secondary N) is 1. The average molecular weight is 391 g/mol. The van der Waals surface area contributed by atoms with Crippen LogP contribution in [0, 0.1) is 5.92 Å². The van der Waals surface area contributed by atoms with Gasteiger partial charge < -0.3 is 11.1 Å². The van der Waals surface area contributed by atoms with Gasteiger partial charge in [0.05, 0.1) is 12.0 Å². The largest absolute Gasteiger partial charge is 0.365 e. The quantitative estimate of drug-likeness (QED) is 0.757. The molecule has 1 aromatic heterocycles. The van der Waals surface area contributed by atoms with Crippen LogP contribution in [0.5, 0.6) is 0 Å². The molecule has 3 N–H and O–H groups in total. The van der Waals surface area contributed by atoms with Crippen LogP contribution in [0.2, 0.25) is 5.02 Å². The number of benzene rings is 1. The highest BCUT2D eigenvalue weighted by Gasteiger charge is 2.28. The summed E-state index contributed by atoms with van der Waals surface area (Å²) in [7, 11) is 0. The van der Waals surface area contributed by atoms with Crippen LogP contribution in [0.3, 0.4) is 0 Å². The Morgan fingerprint density at radius 1 is 1.31 bits per heavy atom. The van der Waals surface area contributed by atoms with Crippen molar-refractivity contribution in [3.8, 4) is 0 Å². The maximum atomic E-state index is 12.4. The van der Waals surface area contributed by atoms with Crippen molar-refractivity contribution < 1.29 is 9.59 Å². The van der Waals surface area contributed by atoms with E-state index in [1.807, 2.05) is 12.1 Å². The lowest BCUT2D eigenvalue weighted by Crippen LogP contribution is -2.20. The summed E-state index contributed by atoms with van der Waals surface area (Å²) in [6, 6.07) is 7.17. The topological polar surface area (TPSA) is 72.2 Å². The van der Waals surface area contributed by atoms with Gasteiger partial charge in [-0.05, 0) is 48.4 Å². The zero-order valence-corrected chi connectivity index (χ0v) is 16.4. The van der Waals surface area contributed by atoms with Crippen molar-refractivity contribution in [1.29, 1.82) is 0 Å². The second-order valence-corrected chi connectivity index (χ2v) is 8.36. The SMILES string of the molecule is CCC[C@@H]1CCc2c(sc(NC(=O)Cc3ccc(Cl)cc3)c2C(N)=O)C1. The first-order valence-corrected chi connectivity index (χ1v) is 10.2. The minimum atomic E-state index is -0.460. The molecule has 0 saturated heterocycles. The highest BCUT2D eigenvalue weighted by Crippen LogP contribution is 2.40. The molecule has 3 rings (SSSR count). The van der Waals surface area contributed by atoms with E-state index in [9.17, 15) is 9.59 Å². The number of anilines is 1. The Bertz CT molecular complexity index is 814. The van der Waals surface area contributed by atoms with E-state index in [1.54, 1.807) is 12.1 Å². The van der Waals surface area contributed by atoms with Gasteiger partial charge in [-0.2, -0.15) is 0 Å². The molecule has 1 atom stereocenters. The molecule has 0 aliphatic heterocycles. The van der Waals surface area contributed by atoms with Crippen molar-refractivity contribution in [3.05, 3.63) is 50.9 Å². The summed E-state index contributed by atoms with van der Waals surface area (Å²) in [6.45, 7) is 2.20. The maximum Gasteiger partial charge on any atom is 0.251 e. The smallest absolute Gasteiger partial charge is 0.251 e. The van der Waals surface area contributed by atoms with Crippen LogP contribution in [-0.2, 0) is 24.1 Å². The van der Waals surface area contributed by atoms with Crippen LogP contribution >= 0.6 is 22.9 Å². The zero-order valence-electron chi connectivity index (χ0n) is 14.8. The number of rotatable bonds is 6. The number of primary amides is 1. The van der Waals surface area contributed by atoms with E-state index < -0.39 is 5.91 Å². The molecule has 0 unspecified atom stereocenters. The summed E-state index contributed by atoms with van der Waals surface area (Å²) in [4.78, 5) is 25.6. The Hall–Kier alpha value is -1.85. The fourth-order valence-electron chi connectivity index (χ4n) is 3.62. The van der Waals surface area contributed by atoms with Crippen LogP contribution in [0.15, 0.2) is 24.3 Å². The standard InChI is InChI=1S/C20H23ClN2O2S/c1-2-3-12-6-9-15-16(10-12)26-20(18(15)19(22)25)23-17(24)11-13-4-7-14(21)8-5-13/h4-5,7-8,12H,2-3,6,9-11H2,1H3,(H2,22,25)(H,23,24)/t12-/m1/s1. The van der Waals surface area contributed by atoms with Crippen molar-refractivity contribution in [2.45, 2.75) is 45.4 Å². The van der Waals surface area contributed by atoms with Crippen LogP contribution in [0.25, 0.3) is 0 Å². The molecule has 1 aromatic carbocycles. The lowest BCUT2D eigenvalue weighted by Gasteiger charge is -2.21. The minimum Gasteiger partial charge on any atom is -0.365 e. The molecule has 6 heteroatoms. The number of carbonyl (C=O) groups excluding carboxylic acids is 2. The summed E-state index contributed by atoms with van der Waals surface area (Å²) in [5.41, 5.74) is 8.04. The molecule has 1 heterocycles. The molecule has 2 aromatic rings. The van der Waals surface area contributed by atoms with Gasteiger partial charge in [-0.25, -0.2) is 0 Å². The van der Waals surface area contributed by atoms with Crippen molar-refractivity contribution in [2.24, 2.45) is 11.7 Å². The Morgan fingerprint density at radius 3 is 2.69 bits per heavy atom. The lowest BCUT2D eigenvalue weighted by atomic mass is 9.84. The lowest BCUT2D eigenvalue weighted by molar-refractivity contribution is -0.115. The molecule has 4 nitrogen and oxygen atoms in total. The second kappa shape index (κ2) is 8.23. The predicted molar refractivity (Wildman–Crippen MR) is 107 cm³/mol. The fraction of sp³-hybridized carbons (Fsp3) is 0.400. The van der Waals surface area contributed by atoms with Crippen molar-refractivity contribution >= 4 is 39.8 Å². The number of carbonyl (C=O) groups is 2. The van der Waals surface area contributed by atoms with Crippen LogP contribution < -0.4 is 11.1 Å². The van der Waals surface area contributed by atoms with Crippen LogP contribution in [0.4, 0.5) is 5.00 Å². The van der Waals surface area contributed by atoms with Gasteiger partial charge in [0.1, 0.15) is 5.00 Å². The number of hydrogen-bond donors (Lipinski definition) is 2. The third-order valence-electron chi connectivity index (χ3n) is 4.84.